The van der Waals surface area contributed by atoms with Crippen LogP contribution in [-0.2, 0) is 27.4 Å². The predicted molar refractivity (Wildman–Crippen MR) is 103 cm³/mol. The number of nitrogens with zero attached hydrogens (tertiary/aromatic N) is 1. The van der Waals surface area contributed by atoms with Gasteiger partial charge in [0.05, 0.1) is 46.2 Å². The van der Waals surface area contributed by atoms with E-state index in [1.807, 2.05) is 18.2 Å². The van der Waals surface area contributed by atoms with Gasteiger partial charge in [0.1, 0.15) is 0 Å². The third-order valence-corrected chi connectivity index (χ3v) is 3.74. The molecule has 1 rings (SSSR count). The summed E-state index contributed by atoms with van der Waals surface area (Å²) in [6, 6.07) is 5.77. The SMILES string of the molecule is COCCOCCOCCN(CC(C)(C)C)c1cc(CO)cc(CO)c1. The molecule has 0 radical (unpaired) electrons. The molecular formula is C20H35NO5. The number of aliphatic hydroxyl groups is 2. The Hall–Kier alpha value is -1.18. The van der Waals surface area contributed by atoms with Crippen LogP contribution in [0, 0.1) is 5.41 Å². The first kappa shape index (κ1) is 22.9. The topological polar surface area (TPSA) is 71.4 Å². The van der Waals surface area contributed by atoms with Gasteiger partial charge >= 0.3 is 0 Å². The largest absolute Gasteiger partial charge is 0.392 e. The Balaban J connectivity index is 2.62. The summed E-state index contributed by atoms with van der Waals surface area (Å²) in [4.78, 5) is 2.24. The van der Waals surface area contributed by atoms with Gasteiger partial charge in [-0.25, -0.2) is 0 Å². The maximum absolute atomic E-state index is 9.48. The summed E-state index contributed by atoms with van der Waals surface area (Å²) in [7, 11) is 1.65. The van der Waals surface area contributed by atoms with Crippen molar-refractivity contribution in [1.82, 2.24) is 0 Å². The van der Waals surface area contributed by atoms with Crippen LogP contribution in [0.25, 0.3) is 0 Å². The monoisotopic (exact) mass is 369 g/mol. The van der Waals surface area contributed by atoms with Crippen molar-refractivity contribution in [2.45, 2.75) is 34.0 Å². The fraction of sp³-hybridized carbons (Fsp3) is 0.700. The van der Waals surface area contributed by atoms with Gasteiger partial charge in [0.15, 0.2) is 0 Å². The van der Waals surface area contributed by atoms with E-state index in [9.17, 15) is 10.2 Å². The van der Waals surface area contributed by atoms with E-state index in [0.717, 1.165) is 29.9 Å². The first-order valence-electron chi connectivity index (χ1n) is 9.13. The van der Waals surface area contributed by atoms with Crippen molar-refractivity contribution in [2.24, 2.45) is 5.41 Å². The van der Waals surface area contributed by atoms with E-state index < -0.39 is 0 Å². The second-order valence-corrected chi connectivity index (χ2v) is 7.52. The zero-order valence-corrected chi connectivity index (χ0v) is 16.7. The average Bonchev–Trinajstić information content (AvgIpc) is 2.61. The Morgan fingerprint density at radius 2 is 1.38 bits per heavy atom. The highest BCUT2D eigenvalue weighted by Gasteiger charge is 2.18. The van der Waals surface area contributed by atoms with Crippen LogP contribution in [0.1, 0.15) is 31.9 Å². The van der Waals surface area contributed by atoms with Crippen molar-refractivity contribution in [2.75, 3.05) is 58.1 Å². The van der Waals surface area contributed by atoms with E-state index in [1.54, 1.807) is 7.11 Å². The number of hydrogen-bond acceptors (Lipinski definition) is 6. The first-order valence-corrected chi connectivity index (χ1v) is 9.13. The van der Waals surface area contributed by atoms with Crippen LogP contribution in [0.2, 0.25) is 0 Å². The summed E-state index contributed by atoms with van der Waals surface area (Å²) in [6.07, 6.45) is 0. The lowest BCUT2D eigenvalue weighted by Gasteiger charge is -2.32. The van der Waals surface area contributed by atoms with Crippen LogP contribution in [-0.4, -0.2) is 63.4 Å². The van der Waals surface area contributed by atoms with Crippen LogP contribution >= 0.6 is 0 Å². The van der Waals surface area contributed by atoms with E-state index in [-0.39, 0.29) is 18.6 Å². The molecule has 0 atom stereocenters. The highest BCUT2D eigenvalue weighted by molar-refractivity contribution is 5.51. The number of methoxy groups -OCH3 is 1. The Morgan fingerprint density at radius 1 is 0.846 bits per heavy atom. The van der Waals surface area contributed by atoms with E-state index in [2.05, 4.69) is 25.7 Å². The van der Waals surface area contributed by atoms with Crippen molar-refractivity contribution >= 4 is 5.69 Å². The van der Waals surface area contributed by atoms with E-state index in [4.69, 9.17) is 14.2 Å². The van der Waals surface area contributed by atoms with Gasteiger partial charge in [0, 0.05) is 25.9 Å². The molecule has 0 aliphatic carbocycles. The van der Waals surface area contributed by atoms with Gasteiger partial charge in [0.25, 0.3) is 0 Å². The molecule has 0 spiro atoms. The average molecular weight is 370 g/mol. The molecule has 26 heavy (non-hydrogen) atoms. The van der Waals surface area contributed by atoms with Crippen LogP contribution < -0.4 is 4.90 Å². The molecule has 0 fully saturated rings. The lowest BCUT2D eigenvalue weighted by Crippen LogP contribution is -2.35. The van der Waals surface area contributed by atoms with Gasteiger partial charge in [-0.1, -0.05) is 26.8 Å². The smallest absolute Gasteiger partial charge is 0.0701 e. The van der Waals surface area contributed by atoms with Crippen molar-refractivity contribution < 1.29 is 24.4 Å². The number of hydrogen-bond donors (Lipinski definition) is 2. The van der Waals surface area contributed by atoms with Gasteiger partial charge in [-0.2, -0.15) is 0 Å². The summed E-state index contributed by atoms with van der Waals surface area (Å²) in [5.41, 5.74) is 2.71. The van der Waals surface area contributed by atoms with Crippen LogP contribution in [0.15, 0.2) is 18.2 Å². The molecule has 0 heterocycles. The highest BCUT2D eigenvalue weighted by Crippen LogP contribution is 2.24. The molecule has 0 saturated carbocycles. The number of benzene rings is 1. The Labute approximate surface area is 157 Å². The molecule has 6 nitrogen and oxygen atoms in total. The minimum atomic E-state index is -0.0422. The zero-order valence-electron chi connectivity index (χ0n) is 16.7. The van der Waals surface area contributed by atoms with Crippen LogP contribution in [0.3, 0.4) is 0 Å². The standard InChI is InChI=1S/C20H35NO5/c1-20(2,3)16-21(5-6-25-9-10-26-8-7-24-4)19-12-17(14-22)11-18(13-19)15-23/h11-13,22-23H,5-10,14-16H2,1-4H3. The fourth-order valence-corrected chi connectivity index (χ4v) is 2.62. The van der Waals surface area contributed by atoms with Gasteiger partial charge in [-0.3, -0.25) is 0 Å². The number of ether oxygens (including phenoxy) is 3. The van der Waals surface area contributed by atoms with Crippen LogP contribution in [0.5, 0.6) is 0 Å². The summed E-state index contributed by atoms with van der Waals surface area (Å²) in [5.74, 6) is 0. The lowest BCUT2D eigenvalue weighted by molar-refractivity contribution is 0.0263. The van der Waals surface area contributed by atoms with E-state index in [1.165, 1.54) is 0 Å². The van der Waals surface area contributed by atoms with E-state index in [0.29, 0.717) is 33.0 Å². The summed E-state index contributed by atoms with van der Waals surface area (Å²) in [6.45, 7) is 10.9. The van der Waals surface area contributed by atoms with Gasteiger partial charge in [-0.05, 0) is 28.7 Å². The van der Waals surface area contributed by atoms with Crippen LogP contribution in [0.4, 0.5) is 5.69 Å². The number of anilines is 1. The molecule has 0 bridgehead atoms. The fourth-order valence-electron chi connectivity index (χ4n) is 2.62. The number of aliphatic hydroxyl groups excluding tert-OH is 2. The minimum absolute atomic E-state index is 0.0422. The molecule has 0 aromatic heterocycles. The van der Waals surface area contributed by atoms with E-state index >= 15 is 0 Å². The molecule has 0 saturated heterocycles. The Morgan fingerprint density at radius 3 is 1.88 bits per heavy atom. The Bertz CT molecular complexity index is 479. The van der Waals surface area contributed by atoms with Crippen molar-refractivity contribution in [1.29, 1.82) is 0 Å². The highest BCUT2D eigenvalue weighted by atomic mass is 16.5. The van der Waals surface area contributed by atoms with Gasteiger partial charge in [0.2, 0.25) is 0 Å². The van der Waals surface area contributed by atoms with Gasteiger partial charge in [-0.15, -0.1) is 0 Å². The molecular weight excluding hydrogens is 334 g/mol. The molecule has 2 N–H and O–H groups in total. The summed E-state index contributed by atoms with van der Waals surface area (Å²) >= 11 is 0. The molecule has 0 amide bonds. The maximum Gasteiger partial charge on any atom is 0.0701 e. The third-order valence-electron chi connectivity index (χ3n) is 3.74. The zero-order chi connectivity index (χ0) is 19.4. The molecule has 6 heteroatoms. The molecule has 0 unspecified atom stereocenters. The Kier molecular flexibility index (Phi) is 10.8. The second kappa shape index (κ2) is 12.3. The van der Waals surface area contributed by atoms with Crippen molar-refractivity contribution in [3.63, 3.8) is 0 Å². The molecule has 1 aromatic carbocycles. The van der Waals surface area contributed by atoms with Gasteiger partial charge < -0.3 is 29.3 Å². The lowest BCUT2D eigenvalue weighted by atomic mass is 9.95. The summed E-state index contributed by atoms with van der Waals surface area (Å²) in [5, 5.41) is 19.0. The maximum atomic E-state index is 9.48. The first-order chi connectivity index (χ1) is 12.4. The molecule has 0 aliphatic heterocycles. The van der Waals surface area contributed by atoms with Crippen molar-refractivity contribution in [3.05, 3.63) is 29.3 Å². The van der Waals surface area contributed by atoms with Crippen molar-refractivity contribution in [3.8, 4) is 0 Å². The molecule has 1 aromatic rings. The quantitative estimate of drug-likeness (QED) is 0.520. The third kappa shape index (κ3) is 9.50. The normalized spacial score (nSPS) is 11.8. The molecule has 0 aliphatic rings. The minimum Gasteiger partial charge on any atom is -0.392 e. The predicted octanol–water partition coefficient (Wildman–Crippen LogP) is 2.20. The second-order valence-electron chi connectivity index (χ2n) is 7.52. The summed E-state index contributed by atoms with van der Waals surface area (Å²) < 4.78 is 16.0. The molecule has 150 valence electrons. The number of rotatable bonds is 13.